The van der Waals surface area contributed by atoms with Gasteiger partial charge in [-0.3, -0.25) is 9.36 Å². The van der Waals surface area contributed by atoms with Gasteiger partial charge in [0.2, 0.25) is 0 Å². The third kappa shape index (κ3) is 5.53. The average Bonchev–Trinajstić information content (AvgIpc) is 3.55. The first-order valence-corrected chi connectivity index (χ1v) is 14.3. The molecule has 0 aliphatic carbocycles. The molecule has 10 nitrogen and oxygen atoms in total. The Morgan fingerprint density at radius 1 is 0.907 bits per heavy atom. The van der Waals surface area contributed by atoms with Crippen molar-refractivity contribution >= 4 is 22.9 Å². The van der Waals surface area contributed by atoms with Crippen molar-refractivity contribution in [1.29, 1.82) is 0 Å². The molecule has 0 spiro atoms. The van der Waals surface area contributed by atoms with E-state index >= 15 is 0 Å². The van der Waals surface area contributed by atoms with Gasteiger partial charge in [-0.05, 0) is 23.3 Å². The molecule has 2 aromatic heterocycles. The minimum atomic E-state index is -0.745. The second kappa shape index (κ2) is 12.0. The molecule has 3 unspecified atom stereocenters. The number of hydrogen-bond acceptors (Lipinski definition) is 8. The van der Waals surface area contributed by atoms with E-state index in [0.29, 0.717) is 55.4 Å². The zero-order chi connectivity index (χ0) is 29.1. The van der Waals surface area contributed by atoms with Crippen LogP contribution in [0.4, 0.5) is 5.82 Å². The minimum Gasteiger partial charge on any atom is -0.374 e. The molecule has 0 radical (unpaired) electrons. The maximum absolute atomic E-state index is 12.9. The summed E-state index contributed by atoms with van der Waals surface area (Å²) in [5.41, 5.74) is 2.89. The fourth-order valence-electron chi connectivity index (χ4n) is 5.79. The van der Waals surface area contributed by atoms with Crippen LogP contribution in [0.25, 0.3) is 11.2 Å². The van der Waals surface area contributed by atoms with Gasteiger partial charge in [-0.1, -0.05) is 78.9 Å². The first-order chi connectivity index (χ1) is 21.2. The highest BCUT2D eigenvalue weighted by molar-refractivity contribution is 6.06. The van der Waals surface area contributed by atoms with Crippen molar-refractivity contribution in [2.24, 2.45) is 0 Å². The fourth-order valence-corrected chi connectivity index (χ4v) is 5.79. The number of amides is 1. The Kier molecular flexibility index (Phi) is 7.65. The molecule has 0 saturated carbocycles. The minimum absolute atomic E-state index is 0.282. The molecule has 2 bridgehead atoms. The van der Waals surface area contributed by atoms with E-state index in [0.717, 1.165) is 11.1 Å². The summed E-state index contributed by atoms with van der Waals surface area (Å²) in [6, 6.07) is 29.1. The number of nitrogens with zero attached hydrogens (tertiary/aromatic N) is 4. The van der Waals surface area contributed by atoms with Gasteiger partial charge < -0.3 is 24.3 Å². The molecule has 2 aliphatic heterocycles. The predicted octanol–water partition coefficient (Wildman–Crippen LogP) is 4.94. The van der Waals surface area contributed by atoms with E-state index < -0.39 is 24.0 Å². The highest BCUT2D eigenvalue weighted by Crippen LogP contribution is 2.47. The molecule has 1 N–H and O–H groups in total. The van der Waals surface area contributed by atoms with E-state index in [2.05, 4.69) is 20.3 Å². The zero-order valence-corrected chi connectivity index (χ0v) is 23.4. The van der Waals surface area contributed by atoms with Crippen molar-refractivity contribution in [3.63, 3.8) is 0 Å². The van der Waals surface area contributed by atoms with Crippen LogP contribution in [0.2, 0.25) is 0 Å². The molecule has 2 aliphatic rings. The maximum Gasteiger partial charge on any atom is 0.256 e. The predicted molar refractivity (Wildman–Crippen MR) is 158 cm³/mol. The van der Waals surface area contributed by atoms with E-state index in [1.165, 1.54) is 6.33 Å². The molecule has 1 amide bonds. The number of rotatable bonds is 10. The van der Waals surface area contributed by atoms with Crippen LogP contribution >= 0.6 is 0 Å². The smallest absolute Gasteiger partial charge is 0.256 e. The normalized spacial score (nSPS) is 22.9. The van der Waals surface area contributed by atoms with Gasteiger partial charge in [0.05, 0.1) is 32.8 Å². The molecule has 218 valence electrons. The Bertz CT molecular complexity index is 1680. The van der Waals surface area contributed by atoms with Gasteiger partial charge in [0.25, 0.3) is 5.91 Å². The molecule has 4 heterocycles. The van der Waals surface area contributed by atoms with Crippen LogP contribution in [0.3, 0.4) is 0 Å². The monoisotopic (exact) mass is 577 g/mol. The fraction of sp³-hybridized carbons (Fsp3) is 0.273. The van der Waals surface area contributed by atoms with E-state index in [1.807, 2.05) is 83.4 Å². The third-order valence-corrected chi connectivity index (χ3v) is 7.92. The number of hydrogen-bond donors (Lipinski definition) is 1. The number of carbonyl (C=O) groups is 1. The van der Waals surface area contributed by atoms with Gasteiger partial charge in [-0.25, -0.2) is 15.0 Å². The number of aromatic nitrogens is 4. The van der Waals surface area contributed by atoms with Crippen LogP contribution in [-0.2, 0) is 32.2 Å². The summed E-state index contributed by atoms with van der Waals surface area (Å²) in [5.74, 6) is 0.0348. The maximum atomic E-state index is 12.9. The number of nitrogens with one attached hydrogen (secondary N) is 1. The largest absolute Gasteiger partial charge is 0.374 e. The molecule has 2 saturated heterocycles. The number of anilines is 1. The van der Waals surface area contributed by atoms with E-state index in [9.17, 15) is 4.79 Å². The van der Waals surface area contributed by atoms with Crippen molar-refractivity contribution in [1.82, 2.24) is 19.5 Å². The zero-order valence-electron chi connectivity index (χ0n) is 23.4. The van der Waals surface area contributed by atoms with Crippen molar-refractivity contribution in [2.45, 2.75) is 43.7 Å². The van der Waals surface area contributed by atoms with Crippen molar-refractivity contribution < 1.29 is 23.7 Å². The van der Waals surface area contributed by atoms with E-state index in [4.69, 9.17) is 18.9 Å². The Labute approximate surface area is 248 Å². The summed E-state index contributed by atoms with van der Waals surface area (Å²) in [6.45, 7) is 1.70. The van der Waals surface area contributed by atoms with Gasteiger partial charge in [0.15, 0.2) is 23.2 Å². The van der Waals surface area contributed by atoms with Crippen LogP contribution in [0.15, 0.2) is 104 Å². The molecule has 7 rings (SSSR count). The number of ether oxygens (including phenoxy) is 4. The van der Waals surface area contributed by atoms with Crippen molar-refractivity contribution in [3.05, 3.63) is 120 Å². The quantitative estimate of drug-likeness (QED) is 0.249. The van der Waals surface area contributed by atoms with Crippen LogP contribution in [0, 0.1) is 0 Å². The molecule has 4 atom stereocenters. The summed E-state index contributed by atoms with van der Waals surface area (Å²) in [6.07, 6.45) is 2.24. The average molecular weight is 578 g/mol. The highest BCUT2D eigenvalue weighted by Gasteiger charge is 2.60. The number of carbonyl (C=O) groups excluding carboxylic acids is 1. The Morgan fingerprint density at radius 2 is 1.60 bits per heavy atom. The molecule has 5 aromatic rings. The summed E-state index contributed by atoms with van der Waals surface area (Å²) in [7, 11) is 0. The Hall–Kier alpha value is -4.48. The molecule has 43 heavy (non-hydrogen) atoms. The lowest BCUT2D eigenvalue weighted by molar-refractivity contribution is -0.178. The van der Waals surface area contributed by atoms with E-state index in [-0.39, 0.29) is 5.91 Å². The summed E-state index contributed by atoms with van der Waals surface area (Å²) >= 11 is 0. The first kappa shape index (κ1) is 27.4. The van der Waals surface area contributed by atoms with Crippen molar-refractivity contribution in [3.8, 4) is 0 Å². The first-order valence-electron chi connectivity index (χ1n) is 14.3. The van der Waals surface area contributed by atoms with Crippen LogP contribution in [-0.4, -0.2) is 56.4 Å². The third-order valence-electron chi connectivity index (χ3n) is 7.92. The second-order valence-corrected chi connectivity index (χ2v) is 10.7. The van der Waals surface area contributed by atoms with Gasteiger partial charge in [-0.2, -0.15) is 0 Å². The summed E-state index contributed by atoms with van der Waals surface area (Å²) < 4.78 is 27.9. The summed E-state index contributed by atoms with van der Waals surface area (Å²) in [4.78, 5) is 26.3. The number of imidazole rings is 1. The highest BCUT2D eigenvalue weighted by atomic mass is 16.6. The molecular formula is C33H31N5O5. The topological polar surface area (TPSA) is 110 Å². The Balaban J connectivity index is 1.17. The molecular weight excluding hydrogens is 546 g/mol. The van der Waals surface area contributed by atoms with Gasteiger partial charge in [0.1, 0.15) is 24.1 Å². The SMILES string of the molecule is O=C(Nc1ncnc2c1ncn2C1O[C@]2(COCc3ccccc3)CCOC1C2OCc1ccccc1)c1ccccc1. The van der Waals surface area contributed by atoms with Crippen LogP contribution in [0.5, 0.6) is 0 Å². The van der Waals surface area contributed by atoms with Crippen molar-refractivity contribution in [2.75, 3.05) is 18.5 Å². The lowest BCUT2D eigenvalue weighted by Crippen LogP contribution is -2.53. The molecule has 3 aromatic carbocycles. The summed E-state index contributed by atoms with van der Waals surface area (Å²) in [5, 5.41) is 2.87. The Morgan fingerprint density at radius 3 is 2.35 bits per heavy atom. The standard InChI is InChI=1S/C33H31N5O5/c39-31(25-14-8-3-9-15-25)37-29-26-30(35-21-34-29)38(22-36-26)32-27-28(42-19-24-12-6-2-7-13-24)33(43-32,16-17-41-27)20-40-18-23-10-4-1-5-11-23/h1-15,21-22,27-28,32H,16-20H2,(H,34,35,37,39)/t27?,28?,32?,33-/m0/s1. The number of benzene rings is 3. The van der Waals surface area contributed by atoms with Crippen LogP contribution in [0.1, 0.15) is 34.1 Å². The van der Waals surface area contributed by atoms with Gasteiger partial charge in [0, 0.05) is 12.0 Å². The van der Waals surface area contributed by atoms with E-state index in [1.54, 1.807) is 18.5 Å². The van der Waals surface area contributed by atoms with Gasteiger partial charge in [-0.15, -0.1) is 0 Å². The second-order valence-electron chi connectivity index (χ2n) is 10.7. The lowest BCUT2D eigenvalue weighted by atomic mass is 9.90. The van der Waals surface area contributed by atoms with Gasteiger partial charge >= 0.3 is 0 Å². The molecule has 10 heteroatoms. The van der Waals surface area contributed by atoms with Crippen LogP contribution < -0.4 is 5.32 Å². The lowest BCUT2D eigenvalue weighted by Gasteiger charge is -2.38. The molecule has 2 fully saturated rings. The number of fused-ring (bicyclic) bond motifs is 3.